The summed E-state index contributed by atoms with van der Waals surface area (Å²) in [6, 6.07) is 42.5. The van der Waals surface area contributed by atoms with Crippen molar-refractivity contribution in [1.82, 2.24) is 9.97 Å². The first-order valence-corrected chi connectivity index (χ1v) is 22.4. The zero-order valence-corrected chi connectivity index (χ0v) is 35.3. The second-order valence-electron chi connectivity index (χ2n) is 16.6. The predicted molar refractivity (Wildman–Crippen MR) is 222 cm³/mol. The van der Waals surface area contributed by atoms with Crippen LogP contribution in [0.3, 0.4) is 0 Å². The number of hydrogen-bond acceptors (Lipinski definition) is 3. The van der Waals surface area contributed by atoms with E-state index >= 15 is 0 Å². The minimum atomic E-state index is -1.37. The molecule has 1 saturated carbocycles. The Morgan fingerprint density at radius 3 is 2.19 bits per heavy atom. The molecule has 273 valence electrons. The zero-order chi connectivity index (χ0) is 36.3. The molecule has 0 unspecified atom stereocenters. The Morgan fingerprint density at radius 2 is 1.47 bits per heavy atom. The van der Waals surface area contributed by atoms with Gasteiger partial charge in [0.2, 0.25) is 0 Å². The molecule has 4 aromatic carbocycles. The number of hydrogen-bond donors (Lipinski definition) is 0. The summed E-state index contributed by atoms with van der Waals surface area (Å²) in [5, 5.41) is 3.73. The van der Waals surface area contributed by atoms with E-state index in [4.69, 9.17) is 9.40 Å². The molecule has 5 heteroatoms. The van der Waals surface area contributed by atoms with Crippen LogP contribution in [0.1, 0.15) is 69.9 Å². The van der Waals surface area contributed by atoms with Gasteiger partial charge in [0.05, 0.1) is 13.7 Å². The summed E-state index contributed by atoms with van der Waals surface area (Å²) in [6.07, 6.45) is 11.8. The molecule has 0 spiro atoms. The van der Waals surface area contributed by atoms with Gasteiger partial charge in [-0.3, -0.25) is 0 Å². The number of fused-ring (bicyclic) bond motifs is 3. The Balaban J connectivity index is 0.000000193. The van der Waals surface area contributed by atoms with Crippen LogP contribution in [0.25, 0.3) is 55.6 Å². The Morgan fingerprint density at radius 1 is 0.717 bits per heavy atom. The molecule has 53 heavy (non-hydrogen) atoms. The van der Waals surface area contributed by atoms with Crippen molar-refractivity contribution in [2.75, 3.05) is 0 Å². The van der Waals surface area contributed by atoms with Crippen molar-refractivity contribution < 1.29 is 24.5 Å². The first-order valence-electron chi connectivity index (χ1n) is 18.9. The van der Waals surface area contributed by atoms with Gasteiger partial charge in [0, 0.05) is 37.9 Å². The van der Waals surface area contributed by atoms with Gasteiger partial charge in [-0.05, 0) is 70.4 Å². The molecule has 0 aliphatic heterocycles. The Kier molecular flexibility index (Phi) is 12.0. The SMILES string of the molecule is CC(C)(C)Cc1cc(-c2[c-]cccc2)ncc1[Si](C)(C)C.[Ir].[c-]1cc2oc3cc(-c4ccccc4)ccc3c2cc1-c1cc(C2CCCCC2)ccn1. The molecule has 1 aliphatic carbocycles. The molecule has 0 N–H and O–H groups in total. The standard InChI is InChI=1S/C29H24NO.C19H26NSi.Ir/c1-3-7-20(8-4-1)22-11-13-25-26-17-24(12-14-28(26)31-29(25)19-22)27-18-23(15-16-30-27)21-9-5-2-6-10-21;1-19(2,3)13-16-12-17(15-10-8-7-9-11-15)20-14-18(16)21(4,5)6;/h1,3-4,7-8,11,13-19,21H,2,5-6,9-10H2;7-10,12,14H,13H2,1-6H3;/q2*-1;. The van der Waals surface area contributed by atoms with Crippen molar-refractivity contribution in [2.24, 2.45) is 5.41 Å². The molecule has 3 aromatic heterocycles. The van der Waals surface area contributed by atoms with Crippen LogP contribution < -0.4 is 5.19 Å². The third-order valence-corrected chi connectivity index (χ3v) is 12.2. The van der Waals surface area contributed by atoms with Gasteiger partial charge in [-0.25, -0.2) is 0 Å². The fourth-order valence-electron chi connectivity index (χ4n) is 7.55. The number of furan rings is 1. The molecule has 1 radical (unpaired) electrons. The van der Waals surface area contributed by atoms with E-state index in [9.17, 15) is 0 Å². The maximum Gasteiger partial charge on any atom is 0.121 e. The van der Waals surface area contributed by atoms with Gasteiger partial charge in [-0.1, -0.05) is 131 Å². The molecule has 0 amide bonds. The second-order valence-corrected chi connectivity index (χ2v) is 21.6. The molecule has 3 nitrogen and oxygen atoms in total. The fraction of sp³-hybridized carbons (Fsp3) is 0.292. The van der Waals surface area contributed by atoms with E-state index in [-0.39, 0.29) is 25.5 Å². The number of pyridine rings is 2. The minimum absolute atomic E-state index is 0. The number of nitrogens with zero attached hydrogens (tertiary/aromatic N) is 2. The van der Waals surface area contributed by atoms with Crippen molar-refractivity contribution in [1.29, 1.82) is 0 Å². The molecule has 7 aromatic rings. The predicted octanol–water partition coefficient (Wildman–Crippen LogP) is 12.8. The van der Waals surface area contributed by atoms with Crippen LogP contribution in [0.4, 0.5) is 0 Å². The summed E-state index contributed by atoms with van der Waals surface area (Å²) in [6.45, 7) is 14.1. The molecule has 8 rings (SSSR count). The number of aromatic nitrogens is 2. The minimum Gasteiger partial charge on any atom is -0.500 e. The van der Waals surface area contributed by atoms with Crippen molar-refractivity contribution in [3.8, 4) is 33.6 Å². The summed E-state index contributed by atoms with van der Waals surface area (Å²) in [4.78, 5) is 9.38. The van der Waals surface area contributed by atoms with E-state index in [0.717, 1.165) is 50.9 Å². The van der Waals surface area contributed by atoms with Crippen LogP contribution in [0.15, 0.2) is 120 Å². The van der Waals surface area contributed by atoms with Gasteiger partial charge in [0.25, 0.3) is 0 Å². The van der Waals surface area contributed by atoms with Crippen molar-refractivity contribution >= 4 is 35.2 Å². The van der Waals surface area contributed by atoms with Crippen molar-refractivity contribution in [2.45, 2.75) is 84.9 Å². The first-order chi connectivity index (χ1) is 25.0. The third kappa shape index (κ3) is 9.33. The van der Waals surface area contributed by atoms with E-state index < -0.39 is 8.07 Å². The van der Waals surface area contributed by atoms with E-state index in [1.54, 1.807) is 0 Å². The van der Waals surface area contributed by atoms with Gasteiger partial charge >= 0.3 is 0 Å². The van der Waals surface area contributed by atoms with Crippen LogP contribution >= 0.6 is 0 Å². The average Bonchev–Trinajstić information content (AvgIpc) is 3.52. The van der Waals surface area contributed by atoms with E-state index in [1.807, 2.05) is 36.5 Å². The quantitative estimate of drug-likeness (QED) is 0.123. The molecule has 0 atom stereocenters. The van der Waals surface area contributed by atoms with Crippen LogP contribution in [0, 0.1) is 17.5 Å². The van der Waals surface area contributed by atoms with Gasteiger partial charge in [-0.15, -0.1) is 59.7 Å². The van der Waals surface area contributed by atoms with Gasteiger partial charge in [0.15, 0.2) is 0 Å². The van der Waals surface area contributed by atoms with Crippen LogP contribution in [-0.2, 0) is 26.5 Å². The van der Waals surface area contributed by atoms with Crippen molar-refractivity contribution in [3.05, 3.63) is 139 Å². The molecular formula is C48H50IrN2OSi-2. The monoisotopic (exact) mass is 891 g/mol. The molecule has 1 fully saturated rings. The zero-order valence-electron chi connectivity index (χ0n) is 31.9. The summed E-state index contributed by atoms with van der Waals surface area (Å²) < 4.78 is 6.17. The van der Waals surface area contributed by atoms with E-state index in [2.05, 4.69) is 137 Å². The maximum atomic E-state index is 6.17. The van der Waals surface area contributed by atoms with Crippen LogP contribution in [-0.4, -0.2) is 18.0 Å². The Bertz CT molecular complexity index is 2280. The van der Waals surface area contributed by atoms with Gasteiger partial charge in [0.1, 0.15) is 5.58 Å². The first kappa shape index (κ1) is 38.6. The van der Waals surface area contributed by atoms with Gasteiger partial charge < -0.3 is 14.4 Å². The topological polar surface area (TPSA) is 38.9 Å². The van der Waals surface area contributed by atoms with Crippen molar-refractivity contribution in [3.63, 3.8) is 0 Å². The summed E-state index contributed by atoms with van der Waals surface area (Å²) in [7, 11) is -1.37. The average molecular weight is 891 g/mol. The summed E-state index contributed by atoms with van der Waals surface area (Å²) in [5.74, 6) is 0.672. The fourth-order valence-corrected chi connectivity index (χ4v) is 9.13. The molecule has 1 aliphatic rings. The number of benzene rings is 4. The van der Waals surface area contributed by atoms with Gasteiger partial charge in [-0.2, -0.15) is 0 Å². The Hall–Kier alpha value is -4.15. The molecular weight excluding hydrogens is 841 g/mol. The maximum absolute atomic E-state index is 6.17. The normalized spacial score (nSPS) is 13.7. The van der Waals surface area contributed by atoms with Crippen LogP contribution in [0.2, 0.25) is 19.6 Å². The summed E-state index contributed by atoms with van der Waals surface area (Å²) >= 11 is 0. The van der Waals surface area contributed by atoms with E-state index in [0.29, 0.717) is 5.92 Å². The molecule has 3 heterocycles. The van der Waals surface area contributed by atoms with Crippen LogP contribution in [0.5, 0.6) is 0 Å². The summed E-state index contributed by atoms with van der Waals surface area (Å²) in [5.41, 5.74) is 11.4. The third-order valence-electron chi connectivity index (χ3n) is 10.2. The molecule has 0 saturated heterocycles. The smallest absolute Gasteiger partial charge is 0.121 e. The Labute approximate surface area is 330 Å². The second kappa shape index (κ2) is 16.5. The largest absolute Gasteiger partial charge is 0.500 e. The molecule has 0 bridgehead atoms. The number of rotatable bonds is 6. The van der Waals surface area contributed by atoms with E-state index in [1.165, 1.54) is 59.5 Å².